The molecule has 0 aromatic rings. The van der Waals surface area contributed by atoms with Gasteiger partial charge in [-0.3, -0.25) is 4.90 Å². The summed E-state index contributed by atoms with van der Waals surface area (Å²) in [7, 11) is 0. The first-order valence-corrected chi connectivity index (χ1v) is 5.29. The molecule has 70 valence electrons. The maximum atomic E-state index is 2.70. The molecule has 0 aliphatic carbocycles. The van der Waals surface area contributed by atoms with Gasteiger partial charge in [-0.2, -0.15) is 0 Å². The molecule has 0 amide bonds. The van der Waals surface area contributed by atoms with E-state index in [9.17, 15) is 0 Å². The second-order valence-corrected chi connectivity index (χ2v) is 4.24. The highest BCUT2D eigenvalue weighted by Crippen LogP contribution is 2.24. The third kappa shape index (κ3) is 1.38. The van der Waals surface area contributed by atoms with E-state index < -0.39 is 0 Å². The van der Waals surface area contributed by atoms with Crippen LogP contribution in [0.3, 0.4) is 0 Å². The van der Waals surface area contributed by atoms with Crippen molar-refractivity contribution in [1.82, 2.24) is 9.80 Å². The summed E-state index contributed by atoms with van der Waals surface area (Å²) in [6.07, 6.45) is 2.85. The van der Waals surface area contributed by atoms with Gasteiger partial charge in [0.1, 0.15) is 0 Å². The van der Waals surface area contributed by atoms with E-state index in [1.165, 1.54) is 39.0 Å². The Morgan fingerprint density at radius 2 is 2.17 bits per heavy atom. The van der Waals surface area contributed by atoms with Crippen molar-refractivity contribution in [1.29, 1.82) is 0 Å². The topological polar surface area (TPSA) is 6.48 Å². The molecule has 2 aliphatic heterocycles. The number of hydrogen-bond acceptors (Lipinski definition) is 2. The molecule has 0 bridgehead atoms. The molecule has 0 aromatic carbocycles. The average Bonchev–Trinajstić information content (AvgIpc) is 2.52. The summed E-state index contributed by atoms with van der Waals surface area (Å²) >= 11 is 0. The van der Waals surface area contributed by atoms with Gasteiger partial charge in [-0.25, -0.2) is 0 Å². The van der Waals surface area contributed by atoms with E-state index in [4.69, 9.17) is 0 Å². The molecule has 0 aromatic heterocycles. The fourth-order valence-electron chi connectivity index (χ4n) is 2.74. The van der Waals surface area contributed by atoms with Crippen molar-refractivity contribution in [3.05, 3.63) is 0 Å². The van der Waals surface area contributed by atoms with Gasteiger partial charge < -0.3 is 4.90 Å². The number of piperazine rings is 1. The van der Waals surface area contributed by atoms with Gasteiger partial charge in [0.05, 0.1) is 0 Å². The first-order chi connectivity index (χ1) is 5.81. The maximum absolute atomic E-state index is 2.70. The molecule has 2 atom stereocenters. The third-order valence-corrected chi connectivity index (χ3v) is 3.43. The highest BCUT2D eigenvalue weighted by Gasteiger charge is 2.34. The van der Waals surface area contributed by atoms with Crippen LogP contribution in [0, 0.1) is 0 Å². The van der Waals surface area contributed by atoms with Crippen LogP contribution in [0.15, 0.2) is 0 Å². The Balaban J connectivity index is 2.00. The molecule has 2 fully saturated rings. The van der Waals surface area contributed by atoms with E-state index in [1.54, 1.807) is 0 Å². The lowest BCUT2D eigenvalue weighted by molar-refractivity contribution is 0.0623. The Kier molecular flexibility index (Phi) is 2.37. The maximum Gasteiger partial charge on any atom is 0.0227 e. The molecule has 2 heteroatoms. The Hall–Kier alpha value is -0.0800. The molecule has 0 saturated carbocycles. The normalized spacial score (nSPS) is 38.5. The van der Waals surface area contributed by atoms with E-state index in [0.717, 1.165) is 12.1 Å². The lowest BCUT2D eigenvalue weighted by Gasteiger charge is -2.41. The predicted octanol–water partition coefficient (Wildman–Crippen LogP) is 1.17. The molecule has 2 heterocycles. The Bertz CT molecular complexity index is 158. The summed E-state index contributed by atoms with van der Waals surface area (Å²) in [6, 6.07) is 1.68. The van der Waals surface area contributed by atoms with Crippen LogP contribution < -0.4 is 0 Å². The van der Waals surface area contributed by atoms with E-state index in [1.807, 2.05) is 0 Å². The fourth-order valence-corrected chi connectivity index (χ4v) is 2.74. The molecule has 0 radical (unpaired) electrons. The summed E-state index contributed by atoms with van der Waals surface area (Å²) in [5.74, 6) is 0. The van der Waals surface area contributed by atoms with E-state index in [2.05, 4.69) is 23.6 Å². The number of nitrogens with zero attached hydrogens (tertiary/aromatic N) is 2. The van der Waals surface area contributed by atoms with E-state index in [-0.39, 0.29) is 0 Å². The van der Waals surface area contributed by atoms with Crippen molar-refractivity contribution in [3.63, 3.8) is 0 Å². The molecular weight excluding hydrogens is 148 g/mol. The standard InChI is InChI=1S/C10H20N2/c1-3-11-7-9(2)12-6-4-5-10(12)8-11/h9-10H,3-8H2,1-2H3. The first-order valence-electron chi connectivity index (χ1n) is 5.29. The summed E-state index contributed by atoms with van der Waals surface area (Å²) in [4.78, 5) is 5.29. The summed E-state index contributed by atoms with van der Waals surface area (Å²) < 4.78 is 0. The van der Waals surface area contributed by atoms with E-state index in [0.29, 0.717) is 0 Å². The van der Waals surface area contributed by atoms with Gasteiger partial charge in [0, 0.05) is 25.2 Å². The highest BCUT2D eigenvalue weighted by molar-refractivity contribution is 4.90. The Labute approximate surface area is 75.5 Å². The van der Waals surface area contributed by atoms with Gasteiger partial charge >= 0.3 is 0 Å². The van der Waals surface area contributed by atoms with Crippen molar-refractivity contribution in [2.75, 3.05) is 26.2 Å². The summed E-state index contributed by atoms with van der Waals surface area (Å²) in [5.41, 5.74) is 0. The van der Waals surface area contributed by atoms with Crippen LogP contribution >= 0.6 is 0 Å². The summed E-state index contributed by atoms with van der Waals surface area (Å²) in [5, 5.41) is 0. The van der Waals surface area contributed by atoms with Crippen LogP contribution in [0.4, 0.5) is 0 Å². The Morgan fingerprint density at radius 1 is 1.33 bits per heavy atom. The van der Waals surface area contributed by atoms with Gasteiger partial charge in [-0.15, -0.1) is 0 Å². The molecule has 0 N–H and O–H groups in total. The van der Waals surface area contributed by atoms with Crippen LogP contribution in [0.5, 0.6) is 0 Å². The second kappa shape index (κ2) is 3.35. The van der Waals surface area contributed by atoms with Gasteiger partial charge in [0.2, 0.25) is 0 Å². The van der Waals surface area contributed by atoms with Crippen molar-refractivity contribution in [2.45, 2.75) is 38.8 Å². The molecule has 2 rings (SSSR count). The van der Waals surface area contributed by atoms with Crippen LogP contribution in [0.2, 0.25) is 0 Å². The van der Waals surface area contributed by atoms with Gasteiger partial charge in [-0.1, -0.05) is 6.92 Å². The predicted molar refractivity (Wildman–Crippen MR) is 51.3 cm³/mol. The average molecular weight is 168 g/mol. The SMILES string of the molecule is CCN1CC(C)N2CCCC2C1. The first kappa shape index (κ1) is 8.52. The molecule has 2 unspecified atom stereocenters. The molecule has 2 nitrogen and oxygen atoms in total. The van der Waals surface area contributed by atoms with Crippen LogP contribution in [0.25, 0.3) is 0 Å². The zero-order valence-corrected chi connectivity index (χ0v) is 8.29. The Morgan fingerprint density at radius 3 is 2.92 bits per heavy atom. The minimum atomic E-state index is 0.797. The minimum absolute atomic E-state index is 0.797. The quantitative estimate of drug-likeness (QED) is 0.580. The van der Waals surface area contributed by atoms with Crippen molar-refractivity contribution >= 4 is 0 Å². The van der Waals surface area contributed by atoms with E-state index >= 15 is 0 Å². The minimum Gasteiger partial charge on any atom is -0.301 e. The molecule has 2 aliphatic rings. The number of likely N-dealkylation sites (N-methyl/N-ethyl adjacent to an activating group) is 1. The number of hydrogen-bond donors (Lipinski definition) is 0. The van der Waals surface area contributed by atoms with Gasteiger partial charge in [0.25, 0.3) is 0 Å². The summed E-state index contributed by atoms with van der Waals surface area (Å²) in [6.45, 7) is 9.84. The van der Waals surface area contributed by atoms with Crippen molar-refractivity contribution in [2.24, 2.45) is 0 Å². The van der Waals surface area contributed by atoms with Crippen molar-refractivity contribution in [3.8, 4) is 0 Å². The largest absolute Gasteiger partial charge is 0.301 e. The van der Waals surface area contributed by atoms with Crippen LogP contribution in [0.1, 0.15) is 26.7 Å². The third-order valence-electron chi connectivity index (χ3n) is 3.43. The van der Waals surface area contributed by atoms with Gasteiger partial charge in [0.15, 0.2) is 0 Å². The monoisotopic (exact) mass is 168 g/mol. The lowest BCUT2D eigenvalue weighted by Crippen LogP contribution is -2.54. The zero-order chi connectivity index (χ0) is 8.55. The zero-order valence-electron chi connectivity index (χ0n) is 8.29. The number of fused-ring (bicyclic) bond motifs is 1. The smallest absolute Gasteiger partial charge is 0.0227 e. The highest BCUT2D eigenvalue weighted by atomic mass is 15.3. The second-order valence-electron chi connectivity index (χ2n) is 4.24. The van der Waals surface area contributed by atoms with Crippen LogP contribution in [-0.2, 0) is 0 Å². The molecule has 2 saturated heterocycles. The lowest BCUT2D eigenvalue weighted by atomic mass is 10.1. The number of rotatable bonds is 1. The van der Waals surface area contributed by atoms with Crippen LogP contribution in [-0.4, -0.2) is 48.1 Å². The molecular formula is C10H20N2. The fraction of sp³-hybridized carbons (Fsp3) is 1.00. The molecule has 0 spiro atoms. The molecule has 12 heavy (non-hydrogen) atoms. The van der Waals surface area contributed by atoms with Crippen molar-refractivity contribution < 1.29 is 0 Å². The van der Waals surface area contributed by atoms with Gasteiger partial charge in [-0.05, 0) is 32.9 Å².